The van der Waals surface area contributed by atoms with Gasteiger partial charge in [0.05, 0.1) is 36.7 Å². The first-order valence-electron chi connectivity index (χ1n) is 16.4. The maximum absolute atomic E-state index is 14.9. The molecular formula is C35H38N6O7. The Morgan fingerprint density at radius 3 is 2.62 bits per heavy atom. The second kappa shape index (κ2) is 13.0. The van der Waals surface area contributed by atoms with Crippen LogP contribution in [0.3, 0.4) is 0 Å². The summed E-state index contributed by atoms with van der Waals surface area (Å²) in [5.74, 6) is -3.84. The monoisotopic (exact) mass is 654 g/mol. The van der Waals surface area contributed by atoms with Crippen molar-refractivity contribution in [2.24, 2.45) is 11.8 Å². The lowest BCUT2D eigenvalue weighted by Gasteiger charge is -2.38. The van der Waals surface area contributed by atoms with Crippen molar-refractivity contribution in [1.82, 2.24) is 30.1 Å². The lowest BCUT2D eigenvalue weighted by atomic mass is 9.74. The molecule has 13 nitrogen and oxygen atoms in total. The van der Waals surface area contributed by atoms with Crippen LogP contribution in [-0.4, -0.2) is 97.1 Å². The predicted molar refractivity (Wildman–Crippen MR) is 171 cm³/mol. The van der Waals surface area contributed by atoms with Crippen molar-refractivity contribution in [2.75, 3.05) is 19.7 Å². The average molecular weight is 655 g/mol. The fourth-order valence-electron chi connectivity index (χ4n) is 7.48. The minimum Gasteiger partial charge on any atom is -0.455 e. The number of ether oxygens (including phenoxy) is 2. The summed E-state index contributed by atoms with van der Waals surface area (Å²) in [4.78, 5) is 59.3. The molecule has 4 aliphatic heterocycles. The predicted octanol–water partition coefficient (Wildman–Crippen LogP) is 1.89. The van der Waals surface area contributed by atoms with Crippen LogP contribution in [0.2, 0.25) is 0 Å². The van der Waals surface area contributed by atoms with Gasteiger partial charge in [-0.1, -0.05) is 78.9 Å². The highest BCUT2D eigenvalue weighted by atomic mass is 16.6. The summed E-state index contributed by atoms with van der Waals surface area (Å²) >= 11 is 0. The number of nitrogens with zero attached hydrogens (tertiary/aromatic N) is 5. The van der Waals surface area contributed by atoms with Crippen molar-refractivity contribution in [1.29, 1.82) is 0 Å². The zero-order chi connectivity index (χ0) is 33.4. The molecule has 2 N–H and O–H groups in total. The topological polar surface area (TPSA) is 156 Å². The molecule has 0 radical (unpaired) electrons. The summed E-state index contributed by atoms with van der Waals surface area (Å²) in [5.41, 5.74) is 0.617. The number of esters is 1. The Morgan fingerprint density at radius 2 is 1.83 bits per heavy atom. The van der Waals surface area contributed by atoms with E-state index >= 15 is 0 Å². The van der Waals surface area contributed by atoms with Crippen LogP contribution in [0.1, 0.15) is 37.9 Å². The Kier molecular flexibility index (Phi) is 8.56. The molecule has 7 atom stereocenters. The lowest BCUT2D eigenvalue weighted by Crippen LogP contribution is -2.58. The summed E-state index contributed by atoms with van der Waals surface area (Å²) < 4.78 is 14.2. The number of benzene rings is 2. The van der Waals surface area contributed by atoms with Crippen LogP contribution in [-0.2, 0) is 35.3 Å². The van der Waals surface area contributed by atoms with E-state index in [1.165, 1.54) is 4.90 Å². The molecule has 2 aromatic carbocycles. The summed E-state index contributed by atoms with van der Waals surface area (Å²) in [6.07, 6.45) is 6.48. The zero-order valence-electron chi connectivity index (χ0n) is 26.6. The van der Waals surface area contributed by atoms with Crippen LogP contribution in [0.4, 0.5) is 0 Å². The number of hydrogen-bond donors (Lipinski definition) is 2. The van der Waals surface area contributed by atoms with Crippen molar-refractivity contribution in [3.8, 4) is 0 Å². The normalized spacial score (nSPS) is 30.4. The second-order valence-electron chi connectivity index (χ2n) is 12.6. The number of aliphatic hydroxyl groups is 1. The Labute approximate surface area is 277 Å². The van der Waals surface area contributed by atoms with Gasteiger partial charge in [0.25, 0.3) is 5.91 Å². The molecule has 2 fully saturated rings. The van der Waals surface area contributed by atoms with Gasteiger partial charge in [-0.3, -0.25) is 19.2 Å². The first-order chi connectivity index (χ1) is 23.4. The highest BCUT2D eigenvalue weighted by Crippen LogP contribution is 2.56. The molecular weight excluding hydrogens is 616 g/mol. The van der Waals surface area contributed by atoms with E-state index in [0.717, 1.165) is 5.52 Å². The van der Waals surface area contributed by atoms with E-state index < -0.39 is 59.5 Å². The molecule has 13 heteroatoms. The lowest BCUT2D eigenvalue weighted by molar-refractivity contribution is -0.160. The van der Waals surface area contributed by atoms with Gasteiger partial charge in [-0.2, -0.15) is 0 Å². The van der Waals surface area contributed by atoms with E-state index in [-0.39, 0.29) is 38.7 Å². The number of carbonyl (C=O) groups excluding carboxylic acids is 4. The molecule has 3 amide bonds. The van der Waals surface area contributed by atoms with Gasteiger partial charge in [-0.05, 0) is 30.5 Å². The minimum atomic E-state index is -1.46. The van der Waals surface area contributed by atoms with Crippen molar-refractivity contribution < 1.29 is 33.8 Å². The molecule has 2 saturated heterocycles. The third-order valence-electron chi connectivity index (χ3n) is 9.87. The smallest absolute Gasteiger partial charge is 0.313 e. The molecule has 4 aliphatic rings. The zero-order valence-corrected chi connectivity index (χ0v) is 26.6. The Hall–Kier alpha value is -4.88. The van der Waals surface area contributed by atoms with E-state index in [1.54, 1.807) is 21.7 Å². The van der Waals surface area contributed by atoms with Crippen LogP contribution >= 0.6 is 0 Å². The summed E-state index contributed by atoms with van der Waals surface area (Å²) in [6, 6.07) is 14.6. The maximum Gasteiger partial charge on any atom is 0.313 e. The number of aromatic nitrogens is 3. The fourth-order valence-corrected chi connectivity index (χ4v) is 7.48. The van der Waals surface area contributed by atoms with Crippen molar-refractivity contribution in [3.63, 3.8) is 0 Å². The van der Waals surface area contributed by atoms with Gasteiger partial charge < -0.3 is 29.7 Å². The van der Waals surface area contributed by atoms with Crippen molar-refractivity contribution >= 4 is 34.7 Å². The van der Waals surface area contributed by atoms with Crippen molar-refractivity contribution in [2.45, 2.75) is 62.7 Å². The summed E-state index contributed by atoms with van der Waals surface area (Å²) in [7, 11) is 0. The molecule has 5 heterocycles. The van der Waals surface area contributed by atoms with Crippen molar-refractivity contribution in [3.05, 3.63) is 84.5 Å². The molecule has 7 rings (SSSR count). The molecule has 48 heavy (non-hydrogen) atoms. The quantitative estimate of drug-likeness (QED) is 0.299. The fraction of sp³-hybridized carbons (Fsp3) is 0.429. The third-order valence-corrected chi connectivity index (χ3v) is 9.87. The Balaban J connectivity index is 1.30. The maximum atomic E-state index is 14.9. The second-order valence-corrected chi connectivity index (χ2v) is 12.6. The number of carbonyl (C=O) groups is 4. The van der Waals surface area contributed by atoms with Crippen LogP contribution in [0, 0.1) is 11.8 Å². The van der Waals surface area contributed by atoms with E-state index in [0.29, 0.717) is 23.9 Å². The van der Waals surface area contributed by atoms with Crippen LogP contribution < -0.4 is 5.32 Å². The van der Waals surface area contributed by atoms with Gasteiger partial charge in [0, 0.05) is 13.0 Å². The van der Waals surface area contributed by atoms with E-state index in [4.69, 9.17) is 9.47 Å². The number of fused-ring (bicyclic) bond motifs is 3. The van der Waals surface area contributed by atoms with E-state index in [1.807, 2.05) is 73.7 Å². The largest absolute Gasteiger partial charge is 0.455 e. The molecule has 5 bridgehead atoms. The molecule has 0 saturated carbocycles. The van der Waals surface area contributed by atoms with Crippen LogP contribution in [0.5, 0.6) is 0 Å². The Morgan fingerprint density at radius 1 is 1.04 bits per heavy atom. The Bertz CT molecular complexity index is 1770. The van der Waals surface area contributed by atoms with E-state index in [2.05, 4.69) is 15.6 Å². The number of para-hydroxylation sites is 1. The SMILES string of the molecule is CC[C@@H](CO)N1C(=O)[C@@H]2[C@H]3C(=O)O[C@@H](c4ccccc4)CNC(=O)CC/C=C\CN(Cn4nnc5ccccc54)C(=O)[C@@H]1[C@]21C=C[C@H]3O1. The van der Waals surface area contributed by atoms with Gasteiger partial charge in [0.2, 0.25) is 11.8 Å². The number of allylic oxidation sites excluding steroid dienone is 1. The highest BCUT2D eigenvalue weighted by molar-refractivity contribution is 5.99. The van der Waals surface area contributed by atoms with Crippen LogP contribution in [0.25, 0.3) is 11.0 Å². The van der Waals surface area contributed by atoms with Gasteiger partial charge in [0.1, 0.15) is 35.9 Å². The molecule has 1 spiro atoms. The molecule has 1 aromatic heterocycles. The van der Waals surface area contributed by atoms with E-state index in [9.17, 15) is 24.3 Å². The average Bonchev–Trinajstić information content (AvgIpc) is 3.86. The van der Waals surface area contributed by atoms with Crippen LogP contribution in [0.15, 0.2) is 78.9 Å². The third kappa shape index (κ3) is 5.36. The minimum absolute atomic E-state index is 0.0107. The van der Waals surface area contributed by atoms with Gasteiger partial charge in [-0.15, -0.1) is 5.10 Å². The number of nitrogens with one attached hydrogen (secondary N) is 1. The number of aliphatic hydroxyl groups excluding tert-OH is 1. The summed E-state index contributed by atoms with van der Waals surface area (Å²) in [5, 5.41) is 21.9. The molecule has 3 aromatic rings. The number of rotatable bonds is 6. The number of cyclic esters (lactones) is 1. The molecule has 0 aliphatic carbocycles. The van der Waals surface area contributed by atoms with Gasteiger partial charge in [0.15, 0.2) is 0 Å². The van der Waals surface area contributed by atoms with Gasteiger partial charge in [-0.25, -0.2) is 4.68 Å². The summed E-state index contributed by atoms with van der Waals surface area (Å²) in [6.45, 7) is 1.65. The number of amides is 3. The molecule has 0 unspecified atom stereocenters. The highest BCUT2D eigenvalue weighted by Gasteiger charge is 2.74. The number of likely N-dealkylation sites (tertiary alicyclic amines) is 1. The molecule has 250 valence electrons. The standard InChI is InChI=1S/C35H38N6O7/c1-2-23(20-42)41-31-33(45)39(21-40-25-14-9-8-13-24(25)37-38-40)18-10-4-7-15-28(43)36-19-27(22-11-5-3-6-12-22)47-34(46)29-26-16-17-35(31,48-26)30(29)32(41)44/h3-6,8-14,16-17,23,26-27,29-31,42H,2,7,15,18-21H2,1H3,(H,36,43)/b10-4-/t23-,26+,27+,29-,30-,31+,35-/m0/s1. The van der Waals surface area contributed by atoms with Gasteiger partial charge >= 0.3 is 5.97 Å². The number of hydrogen-bond acceptors (Lipinski definition) is 9. The first-order valence-corrected chi connectivity index (χ1v) is 16.4. The first kappa shape index (κ1) is 31.7.